The van der Waals surface area contributed by atoms with Gasteiger partial charge in [0.2, 0.25) is 0 Å². The fourth-order valence-corrected chi connectivity index (χ4v) is 2.04. The van der Waals surface area contributed by atoms with Crippen LogP contribution in [-0.2, 0) is 4.74 Å². The Bertz CT molecular complexity index is 498. The average molecular weight is 335 g/mol. The average Bonchev–Trinajstić information content (AvgIpc) is 2.61. The molecular weight excluding hydrogens is 324 g/mol. The van der Waals surface area contributed by atoms with Crippen molar-refractivity contribution >= 4 is 33.5 Å². The lowest BCUT2D eigenvalue weighted by atomic mass is 10.2. The van der Waals surface area contributed by atoms with Gasteiger partial charge in [-0.1, -0.05) is 0 Å². The minimum absolute atomic E-state index is 0.253. The number of methoxy groups -OCH3 is 1. The summed E-state index contributed by atoms with van der Waals surface area (Å²) in [6, 6.07) is 3.15. The van der Waals surface area contributed by atoms with Crippen LogP contribution in [0.5, 0.6) is 5.75 Å². The zero-order valence-corrected chi connectivity index (χ0v) is 10.9. The summed E-state index contributed by atoms with van der Waals surface area (Å²) in [6.07, 6.45) is 1.84. The van der Waals surface area contributed by atoms with Crippen molar-refractivity contribution in [1.29, 1.82) is 0 Å². The number of hydrogen-bond acceptors (Lipinski definition) is 2. The number of fused-ring (bicyclic) bond motifs is 1. The predicted octanol–water partition coefficient (Wildman–Crippen LogP) is 2.94. The fourth-order valence-electron chi connectivity index (χ4n) is 1.43. The van der Waals surface area contributed by atoms with E-state index in [2.05, 4.69) is 27.6 Å². The number of aromatic nitrogens is 1. The molecule has 0 atom stereocenters. The van der Waals surface area contributed by atoms with Gasteiger partial charge in [0.15, 0.2) is 11.6 Å². The summed E-state index contributed by atoms with van der Waals surface area (Å²) in [4.78, 5) is 3.06. The Morgan fingerprint density at radius 3 is 2.94 bits per heavy atom. The topological polar surface area (TPSA) is 34.2 Å². The number of hydrogen-bond donors (Lipinski definition) is 1. The molecule has 2 rings (SSSR count). The van der Waals surface area contributed by atoms with E-state index in [0.29, 0.717) is 13.2 Å². The lowest BCUT2D eigenvalue weighted by molar-refractivity contribution is 0.144. The molecule has 0 amide bonds. The highest BCUT2D eigenvalue weighted by molar-refractivity contribution is 14.1. The van der Waals surface area contributed by atoms with Crippen LogP contribution >= 0.6 is 22.6 Å². The van der Waals surface area contributed by atoms with Gasteiger partial charge in [0.1, 0.15) is 6.61 Å². The highest BCUT2D eigenvalue weighted by Gasteiger charge is 2.09. The van der Waals surface area contributed by atoms with Crippen molar-refractivity contribution in [2.45, 2.75) is 0 Å². The Hall–Kier alpha value is -0.820. The van der Waals surface area contributed by atoms with Gasteiger partial charge in [0.25, 0.3) is 0 Å². The second-order valence-corrected chi connectivity index (χ2v) is 4.47. The molecule has 1 N–H and O–H groups in total. The number of ether oxygens (including phenoxy) is 2. The van der Waals surface area contributed by atoms with Gasteiger partial charge in [-0.2, -0.15) is 0 Å². The van der Waals surface area contributed by atoms with Gasteiger partial charge in [-0.25, -0.2) is 4.39 Å². The number of benzene rings is 1. The van der Waals surface area contributed by atoms with Crippen molar-refractivity contribution in [1.82, 2.24) is 4.98 Å². The van der Waals surface area contributed by atoms with Crippen LogP contribution in [0.4, 0.5) is 4.39 Å². The SMILES string of the molecule is COCCOc1cc2[nH]cc(I)c2cc1F. The molecule has 1 aromatic carbocycles. The maximum Gasteiger partial charge on any atom is 0.165 e. The maximum absolute atomic E-state index is 13.6. The number of rotatable bonds is 4. The summed E-state index contributed by atoms with van der Waals surface area (Å²) in [7, 11) is 1.58. The molecule has 0 fully saturated rings. The standard InChI is InChI=1S/C11H11FINO2/c1-15-2-3-16-11-5-10-7(4-8(11)12)9(13)6-14-10/h4-6,14H,2-3H2,1H3. The molecule has 16 heavy (non-hydrogen) atoms. The molecule has 0 saturated heterocycles. The first-order valence-corrected chi connectivity index (χ1v) is 5.88. The highest BCUT2D eigenvalue weighted by atomic mass is 127. The number of H-pyrrole nitrogens is 1. The molecular formula is C11H11FINO2. The van der Waals surface area contributed by atoms with Crippen LogP contribution in [0.25, 0.3) is 10.9 Å². The first-order valence-electron chi connectivity index (χ1n) is 4.80. The zero-order valence-electron chi connectivity index (χ0n) is 8.72. The van der Waals surface area contributed by atoms with Gasteiger partial charge in [-0.05, 0) is 28.7 Å². The van der Waals surface area contributed by atoms with E-state index in [0.717, 1.165) is 14.5 Å². The largest absolute Gasteiger partial charge is 0.488 e. The molecule has 0 saturated carbocycles. The molecule has 1 heterocycles. The maximum atomic E-state index is 13.6. The molecule has 86 valence electrons. The van der Waals surface area contributed by atoms with E-state index >= 15 is 0 Å². The summed E-state index contributed by atoms with van der Waals surface area (Å²) in [5, 5.41) is 0.872. The van der Waals surface area contributed by atoms with Gasteiger partial charge >= 0.3 is 0 Å². The lowest BCUT2D eigenvalue weighted by Crippen LogP contribution is -2.05. The fraction of sp³-hybridized carbons (Fsp3) is 0.273. The molecule has 0 aliphatic rings. The van der Waals surface area contributed by atoms with Crippen LogP contribution in [0.1, 0.15) is 0 Å². The molecule has 0 aliphatic heterocycles. The van der Waals surface area contributed by atoms with Crippen LogP contribution < -0.4 is 4.74 Å². The van der Waals surface area contributed by atoms with Gasteiger partial charge < -0.3 is 14.5 Å². The third-order valence-corrected chi connectivity index (χ3v) is 3.12. The minimum atomic E-state index is -0.346. The summed E-state index contributed by atoms with van der Waals surface area (Å²) in [5.41, 5.74) is 0.873. The molecule has 2 aromatic rings. The molecule has 0 unspecified atom stereocenters. The van der Waals surface area contributed by atoms with Gasteiger partial charge in [0, 0.05) is 28.3 Å². The Morgan fingerprint density at radius 2 is 2.19 bits per heavy atom. The predicted molar refractivity (Wildman–Crippen MR) is 68.3 cm³/mol. The third kappa shape index (κ3) is 2.30. The van der Waals surface area contributed by atoms with E-state index < -0.39 is 0 Å². The first kappa shape index (κ1) is 11.7. The van der Waals surface area contributed by atoms with Crippen molar-refractivity contribution in [3.05, 3.63) is 27.7 Å². The normalized spacial score (nSPS) is 10.9. The van der Waals surface area contributed by atoms with Crippen LogP contribution in [-0.4, -0.2) is 25.3 Å². The van der Waals surface area contributed by atoms with E-state index in [1.807, 2.05) is 6.20 Å². The number of halogens is 2. The summed E-state index contributed by atoms with van der Waals surface area (Å²) in [6.45, 7) is 0.788. The molecule has 1 aromatic heterocycles. The molecule has 3 nitrogen and oxygen atoms in total. The quantitative estimate of drug-likeness (QED) is 0.689. The van der Waals surface area contributed by atoms with E-state index in [-0.39, 0.29) is 11.6 Å². The first-order chi connectivity index (χ1) is 7.72. The summed E-state index contributed by atoms with van der Waals surface area (Å²) >= 11 is 2.16. The molecule has 0 spiro atoms. The van der Waals surface area contributed by atoms with E-state index in [4.69, 9.17) is 9.47 Å². The third-order valence-electron chi connectivity index (χ3n) is 2.23. The smallest absolute Gasteiger partial charge is 0.165 e. The van der Waals surface area contributed by atoms with Crippen LogP contribution in [0.3, 0.4) is 0 Å². The van der Waals surface area contributed by atoms with E-state index in [1.165, 1.54) is 6.07 Å². The summed E-state index contributed by atoms with van der Waals surface area (Å²) < 4.78 is 24.7. The Kier molecular flexibility index (Phi) is 3.65. The molecule has 5 heteroatoms. The van der Waals surface area contributed by atoms with Gasteiger partial charge in [0.05, 0.1) is 12.1 Å². The van der Waals surface area contributed by atoms with Crippen LogP contribution in [0.15, 0.2) is 18.3 Å². The van der Waals surface area contributed by atoms with Crippen molar-refractivity contribution < 1.29 is 13.9 Å². The van der Waals surface area contributed by atoms with E-state index in [1.54, 1.807) is 13.2 Å². The van der Waals surface area contributed by atoms with Gasteiger partial charge in [-0.3, -0.25) is 0 Å². The van der Waals surface area contributed by atoms with Crippen molar-refractivity contribution in [2.75, 3.05) is 20.3 Å². The Morgan fingerprint density at radius 1 is 1.38 bits per heavy atom. The van der Waals surface area contributed by atoms with E-state index in [9.17, 15) is 4.39 Å². The van der Waals surface area contributed by atoms with Gasteiger partial charge in [-0.15, -0.1) is 0 Å². The number of nitrogens with one attached hydrogen (secondary N) is 1. The Labute approximate surface area is 106 Å². The van der Waals surface area contributed by atoms with Crippen LogP contribution in [0, 0.1) is 9.39 Å². The number of aromatic amines is 1. The Balaban J connectivity index is 2.28. The second-order valence-electron chi connectivity index (χ2n) is 3.31. The lowest BCUT2D eigenvalue weighted by Gasteiger charge is -2.06. The van der Waals surface area contributed by atoms with Crippen LogP contribution in [0.2, 0.25) is 0 Å². The molecule has 0 radical (unpaired) electrons. The molecule has 0 bridgehead atoms. The summed E-state index contributed by atoms with van der Waals surface area (Å²) in [5.74, 6) is -0.0936. The second kappa shape index (κ2) is 5.01. The molecule has 0 aliphatic carbocycles. The minimum Gasteiger partial charge on any atom is -0.488 e. The van der Waals surface area contributed by atoms with Crippen molar-refractivity contribution in [3.8, 4) is 5.75 Å². The van der Waals surface area contributed by atoms with Crippen molar-refractivity contribution in [3.63, 3.8) is 0 Å². The van der Waals surface area contributed by atoms with Crippen molar-refractivity contribution in [2.24, 2.45) is 0 Å². The monoisotopic (exact) mass is 335 g/mol. The highest BCUT2D eigenvalue weighted by Crippen LogP contribution is 2.27. The zero-order chi connectivity index (χ0) is 11.5.